The summed E-state index contributed by atoms with van der Waals surface area (Å²) in [5.74, 6) is 0. The molecule has 0 bridgehead atoms. The van der Waals surface area contributed by atoms with E-state index >= 15 is 0 Å². The maximum absolute atomic E-state index is 3.26. The minimum absolute atomic E-state index is 0. The third kappa shape index (κ3) is 0.934. The van der Waals surface area contributed by atoms with Crippen molar-refractivity contribution in [3.8, 4) is 0 Å². The predicted molar refractivity (Wildman–Crippen MR) is 54.6 cm³/mol. The van der Waals surface area contributed by atoms with Gasteiger partial charge in [-0.3, -0.25) is 0 Å². The smallest absolute Gasteiger partial charge is 0.0459 e. The molecule has 0 spiro atoms. The highest BCUT2D eigenvalue weighted by Crippen LogP contribution is 2.21. The zero-order valence-electron chi connectivity index (χ0n) is 7.73. The maximum atomic E-state index is 3.26. The second-order valence-electron chi connectivity index (χ2n) is 3.45. The fourth-order valence-electron chi connectivity index (χ4n) is 1.53. The van der Waals surface area contributed by atoms with Gasteiger partial charge < -0.3 is 4.98 Å². The highest BCUT2D eigenvalue weighted by atomic mass is 14.7. The molecule has 64 valence electrons. The van der Waals surface area contributed by atoms with E-state index in [9.17, 15) is 0 Å². The van der Waals surface area contributed by atoms with E-state index in [1.54, 1.807) is 0 Å². The molecule has 0 saturated heterocycles. The van der Waals surface area contributed by atoms with Crippen molar-refractivity contribution in [2.45, 2.75) is 20.8 Å². The molecule has 1 heteroatoms. The zero-order valence-corrected chi connectivity index (χ0v) is 7.73. The lowest BCUT2D eigenvalue weighted by Gasteiger charge is -1.99. The molecule has 1 N–H and O–H groups in total. The van der Waals surface area contributed by atoms with E-state index in [0.717, 1.165) is 0 Å². The van der Waals surface area contributed by atoms with Crippen molar-refractivity contribution < 1.29 is 1.43 Å². The van der Waals surface area contributed by atoms with Crippen LogP contribution in [-0.2, 0) is 0 Å². The Bertz CT molecular complexity index is 429. The Labute approximate surface area is 73.9 Å². The Hall–Kier alpha value is -1.24. The van der Waals surface area contributed by atoms with Crippen molar-refractivity contribution in [2.24, 2.45) is 0 Å². The minimum atomic E-state index is 0. The van der Waals surface area contributed by atoms with Gasteiger partial charge in [0, 0.05) is 18.5 Å². The second-order valence-corrected chi connectivity index (χ2v) is 3.45. The van der Waals surface area contributed by atoms with Crippen LogP contribution in [0.2, 0.25) is 0 Å². The van der Waals surface area contributed by atoms with Crippen LogP contribution in [0.4, 0.5) is 0 Å². The summed E-state index contributed by atoms with van der Waals surface area (Å²) in [4.78, 5) is 3.26. The monoisotopic (exact) mass is 161 g/mol. The molecule has 0 amide bonds. The van der Waals surface area contributed by atoms with Crippen LogP contribution < -0.4 is 0 Å². The first-order valence-electron chi connectivity index (χ1n) is 4.23. The third-order valence-electron chi connectivity index (χ3n) is 2.50. The molecule has 0 radical (unpaired) electrons. The average Bonchev–Trinajstić information content (AvgIpc) is 2.35. The summed E-state index contributed by atoms with van der Waals surface area (Å²) < 4.78 is 0. The Morgan fingerprint density at radius 3 is 2.42 bits per heavy atom. The normalized spacial score (nSPS) is 10.9. The molecule has 0 saturated carbocycles. The summed E-state index contributed by atoms with van der Waals surface area (Å²) in [5.41, 5.74) is 5.29. The molecule has 1 aromatic carbocycles. The number of benzene rings is 1. The Kier molecular flexibility index (Phi) is 1.47. The van der Waals surface area contributed by atoms with Gasteiger partial charge in [-0.25, -0.2) is 0 Å². The van der Waals surface area contributed by atoms with Gasteiger partial charge in [-0.2, -0.15) is 0 Å². The van der Waals surface area contributed by atoms with Gasteiger partial charge >= 0.3 is 0 Å². The Balaban J connectivity index is 0.000000845. The number of aromatic nitrogens is 1. The standard InChI is InChI=1S/C11H13N.H2/c1-7-4-10-9(3)6-12-11(10)5-8(7)2;/h4-6,12H,1-3H3;1H. The van der Waals surface area contributed by atoms with E-state index in [2.05, 4.69) is 44.1 Å². The molecule has 1 nitrogen and oxygen atoms in total. The van der Waals surface area contributed by atoms with Crippen LogP contribution in [0.3, 0.4) is 0 Å². The van der Waals surface area contributed by atoms with Crippen molar-refractivity contribution in [3.63, 3.8) is 0 Å². The molecule has 0 aliphatic carbocycles. The Morgan fingerprint density at radius 1 is 1.00 bits per heavy atom. The molecule has 12 heavy (non-hydrogen) atoms. The van der Waals surface area contributed by atoms with Crippen molar-refractivity contribution >= 4 is 10.9 Å². The van der Waals surface area contributed by atoms with Gasteiger partial charge in [0.15, 0.2) is 0 Å². The molecule has 0 atom stereocenters. The van der Waals surface area contributed by atoms with Gasteiger partial charge in [0.1, 0.15) is 0 Å². The molecular weight excluding hydrogens is 146 g/mol. The van der Waals surface area contributed by atoms with E-state index in [0.29, 0.717) is 0 Å². The molecular formula is C11H15N. The summed E-state index contributed by atoms with van der Waals surface area (Å²) in [5, 5.41) is 1.35. The topological polar surface area (TPSA) is 15.8 Å². The van der Waals surface area contributed by atoms with E-state index in [1.807, 2.05) is 0 Å². The van der Waals surface area contributed by atoms with E-state index < -0.39 is 0 Å². The van der Waals surface area contributed by atoms with E-state index in [1.165, 1.54) is 27.6 Å². The fourth-order valence-corrected chi connectivity index (χ4v) is 1.53. The van der Waals surface area contributed by atoms with Crippen LogP contribution in [0.25, 0.3) is 10.9 Å². The summed E-state index contributed by atoms with van der Waals surface area (Å²) in [7, 11) is 0. The largest absolute Gasteiger partial charge is 0.361 e. The highest BCUT2D eigenvalue weighted by molar-refractivity contribution is 5.84. The number of hydrogen-bond donors (Lipinski definition) is 1. The number of aromatic amines is 1. The van der Waals surface area contributed by atoms with Crippen molar-refractivity contribution in [1.82, 2.24) is 4.98 Å². The van der Waals surface area contributed by atoms with Crippen LogP contribution in [0.5, 0.6) is 0 Å². The second kappa shape index (κ2) is 2.37. The van der Waals surface area contributed by atoms with Gasteiger partial charge in [-0.05, 0) is 49.6 Å². The predicted octanol–water partition coefficient (Wildman–Crippen LogP) is 3.34. The zero-order chi connectivity index (χ0) is 8.72. The van der Waals surface area contributed by atoms with Gasteiger partial charge in [0.2, 0.25) is 0 Å². The van der Waals surface area contributed by atoms with Crippen LogP contribution in [0.15, 0.2) is 18.3 Å². The summed E-state index contributed by atoms with van der Waals surface area (Å²) in [6, 6.07) is 4.45. The van der Waals surface area contributed by atoms with Gasteiger partial charge in [-0.1, -0.05) is 0 Å². The molecule has 0 unspecified atom stereocenters. The lowest BCUT2D eigenvalue weighted by Crippen LogP contribution is -1.80. The van der Waals surface area contributed by atoms with Crippen LogP contribution in [0, 0.1) is 20.8 Å². The number of rotatable bonds is 0. The summed E-state index contributed by atoms with van der Waals surface area (Å²) in [6.07, 6.45) is 2.06. The molecule has 1 aromatic heterocycles. The lowest BCUT2D eigenvalue weighted by molar-refractivity contribution is 1.35. The number of aryl methyl sites for hydroxylation is 3. The first-order valence-corrected chi connectivity index (χ1v) is 4.23. The number of H-pyrrole nitrogens is 1. The quantitative estimate of drug-likeness (QED) is 0.610. The molecule has 1 heterocycles. The molecule has 2 rings (SSSR count). The molecule has 2 aromatic rings. The first-order chi connectivity index (χ1) is 5.68. The van der Waals surface area contributed by atoms with Gasteiger partial charge in [0.25, 0.3) is 0 Å². The highest BCUT2D eigenvalue weighted by Gasteiger charge is 2.00. The number of nitrogens with one attached hydrogen (secondary N) is 1. The average molecular weight is 161 g/mol. The van der Waals surface area contributed by atoms with Crippen LogP contribution in [0.1, 0.15) is 18.1 Å². The number of hydrogen-bond acceptors (Lipinski definition) is 0. The van der Waals surface area contributed by atoms with Gasteiger partial charge in [0.05, 0.1) is 0 Å². The number of fused-ring (bicyclic) bond motifs is 1. The maximum Gasteiger partial charge on any atom is 0.0459 e. The minimum Gasteiger partial charge on any atom is -0.361 e. The van der Waals surface area contributed by atoms with Crippen molar-refractivity contribution in [2.75, 3.05) is 0 Å². The van der Waals surface area contributed by atoms with E-state index in [4.69, 9.17) is 0 Å². The molecule has 0 aliphatic heterocycles. The fraction of sp³-hybridized carbons (Fsp3) is 0.273. The van der Waals surface area contributed by atoms with Gasteiger partial charge in [-0.15, -0.1) is 0 Å². The summed E-state index contributed by atoms with van der Waals surface area (Å²) in [6.45, 7) is 6.43. The summed E-state index contributed by atoms with van der Waals surface area (Å²) >= 11 is 0. The van der Waals surface area contributed by atoms with Crippen LogP contribution in [-0.4, -0.2) is 4.98 Å². The van der Waals surface area contributed by atoms with Crippen LogP contribution >= 0.6 is 0 Å². The first kappa shape index (κ1) is 7.41. The van der Waals surface area contributed by atoms with Crippen molar-refractivity contribution in [3.05, 3.63) is 35.0 Å². The van der Waals surface area contributed by atoms with Crippen molar-refractivity contribution in [1.29, 1.82) is 0 Å². The van der Waals surface area contributed by atoms with E-state index in [-0.39, 0.29) is 1.43 Å². The lowest BCUT2D eigenvalue weighted by atomic mass is 10.1. The molecule has 0 aliphatic rings. The molecule has 0 fully saturated rings. The third-order valence-corrected chi connectivity index (χ3v) is 2.50. The Morgan fingerprint density at radius 2 is 1.67 bits per heavy atom. The SMILES string of the molecule is Cc1cc2[nH]cc(C)c2cc1C.[HH].